The van der Waals surface area contributed by atoms with E-state index < -0.39 is 6.10 Å². The molecule has 0 radical (unpaired) electrons. The fourth-order valence-corrected chi connectivity index (χ4v) is 1.95. The van der Waals surface area contributed by atoms with E-state index in [-0.39, 0.29) is 5.82 Å². The van der Waals surface area contributed by atoms with Crippen LogP contribution in [0.1, 0.15) is 31.1 Å². The fraction of sp³-hybridized carbons (Fsp3) is 0.250. The van der Waals surface area contributed by atoms with Crippen LogP contribution in [0.2, 0.25) is 0 Å². The first-order chi connectivity index (χ1) is 9.11. The number of aliphatic hydroxyl groups excluding tert-OH is 1. The number of halogens is 1. The second-order valence-corrected chi connectivity index (χ2v) is 4.42. The minimum Gasteiger partial charge on any atom is -0.457 e. The molecule has 0 bridgehead atoms. The number of hydrogen-bond acceptors (Lipinski definition) is 2. The van der Waals surface area contributed by atoms with E-state index in [0.717, 1.165) is 17.7 Å². The Labute approximate surface area is 112 Å². The minimum atomic E-state index is -0.778. The zero-order valence-corrected chi connectivity index (χ0v) is 11.1. The lowest BCUT2D eigenvalue weighted by atomic mass is 10.1. The highest BCUT2D eigenvalue weighted by Gasteiger charge is 2.12. The van der Waals surface area contributed by atoms with Gasteiger partial charge < -0.3 is 9.84 Å². The maximum Gasteiger partial charge on any atom is 0.133 e. The summed E-state index contributed by atoms with van der Waals surface area (Å²) in [6.45, 7) is 3.63. The van der Waals surface area contributed by atoms with Gasteiger partial charge in [-0.15, -0.1) is 0 Å². The van der Waals surface area contributed by atoms with Crippen LogP contribution < -0.4 is 4.74 Å². The summed E-state index contributed by atoms with van der Waals surface area (Å²) in [4.78, 5) is 0. The molecule has 0 aromatic heterocycles. The van der Waals surface area contributed by atoms with Crippen molar-refractivity contribution in [1.82, 2.24) is 0 Å². The van der Waals surface area contributed by atoms with Crippen LogP contribution >= 0.6 is 0 Å². The first-order valence-corrected chi connectivity index (χ1v) is 6.35. The van der Waals surface area contributed by atoms with Crippen LogP contribution in [0.15, 0.2) is 42.5 Å². The lowest BCUT2D eigenvalue weighted by molar-refractivity contribution is 0.195. The van der Waals surface area contributed by atoms with Gasteiger partial charge in [-0.1, -0.05) is 25.1 Å². The number of aryl methyl sites for hydroxylation is 1. The van der Waals surface area contributed by atoms with Gasteiger partial charge in [0.05, 0.1) is 6.10 Å². The second kappa shape index (κ2) is 5.85. The van der Waals surface area contributed by atoms with Crippen LogP contribution in [-0.4, -0.2) is 5.11 Å². The van der Waals surface area contributed by atoms with Gasteiger partial charge in [0.2, 0.25) is 0 Å². The summed E-state index contributed by atoms with van der Waals surface area (Å²) in [7, 11) is 0. The molecule has 2 aromatic rings. The summed E-state index contributed by atoms with van der Waals surface area (Å²) in [6.07, 6.45) is 0.0703. The summed E-state index contributed by atoms with van der Waals surface area (Å²) in [5.41, 5.74) is 1.52. The lowest BCUT2D eigenvalue weighted by Crippen LogP contribution is -1.98. The van der Waals surface area contributed by atoms with Crippen LogP contribution in [0.3, 0.4) is 0 Å². The first kappa shape index (κ1) is 13.6. The smallest absolute Gasteiger partial charge is 0.133 e. The summed E-state index contributed by atoms with van der Waals surface area (Å²) in [6, 6.07) is 11.9. The van der Waals surface area contributed by atoms with Crippen LogP contribution in [-0.2, 0) is 6.42 Å². The highest BCUT2D eigenvalue weighted by Crippen LogP contribution is 2.32. The van der Waals surface area contributed by atoms with Gasteiger partial charge >= 0.3 is 0 Å². The fourth-order valence-electron chi connectivity index (χ4n) is 1.95. The number of para-hydroxylation sites is 1. The predicted octanol–water partition coefficient (Wildman–Crippen LogP) is 4.23. The molecule has 2 rings (SSSR count). The van der Waals surface area contributed by atoms with E-state index >= 15 is 0 Å². The number of aliphatic hydroxyl groups is 1. The van der Waals surface area contributed by atoms with Gasteiger partial charge in [-0.3, -0.25) is 0 Å². The molecule has 0 spiro atoms. The van der Waals surface area contributed by atoms with Gasteiger partial charge in [-0.2, -0.15) is 0 Å². The van der Waals surface area contributed by atoms with Crippen LogP contribution in [0.25, 0.3) is 0 Å². The third kappa shape index (κ3) is 3.12. The van der Waals surface area contributed by atoms with Gasteiger partial charge in [0.1, 0.15) is 17.3 Å². The quantitative estimate of drug-likeness (QED) is 0.891. The molecular formula is C16H17FO2. The summed E-state index contributed by atoms with van der Waals surface area (Å²) < 4.78 is 19.0. The van der Waals surface area contributed by atoms with Crippen molar-refractivity contribution in [1.29, 1.82) is 0 Å². The summed E-state index contributed by atoms with van der Waals surface area (Å²) in [5.74, 6) is 0.836. The number of hydrogen-bond donors (Lipinski definition) is 1. The van der Waals surface area contributed by atoms with Crippen LogP contribution in [0.5, 0.6) is 11.5 Å². The molecule has 0 aliphatic heterocycles. The monoisotopic (exact) mass is 260 g/mol. The Bertz CT molecular complexity index is 564. The van der Waals surface area contributed by atoms with Crippen LogP contribution in [0, 0.1) is 5.82 Å². The van der Waals surface area contributed by atoms with Gasteiger partial charge in [-0.05, 0) is 43.2 Å². The van der Waals surface area contributed by atoms with E-state index in [9.17, 15) is 9.50 Å². The molecule has 100 valence electrons. The largest absolute Gasteiger partial charge is 0.457 e. The molecule has 0 amide bonds. The highest BCUT2D eigenvalue weighted by molar-refractivity contribution is 5.42. The Balaban J connectivity index is 2.38. The van der Waals surface area contributed by atoms with Gasteiger partial charge in [0.15, 0.2) is 0 Å². The maximum atomic E-state index is 13.2. The van der Waals surface area contributed by atoms with Gasteiger partial charge in [0, 0.05) is 5.56 Å². The third-order valence-electron chi connectivity index (χ3n) is 3.00. The van der Waals surface area contributed by atoms with Crippen molar-refractivity contribution in [3.63, 3.8) is 0 Å². The molecule has 0 saturated carbocycles. The van der Waals surface area contributed by atoms with Crippen molar-refractivity contribution in [3.05, 3.63) is 59.4 Å². The molecule has 0 saturated heterocycles. The summed E-state index contributed by atoms with van der Waals surface area (Å²) in [5, 5.41) is 9.69. The average molecular weight is 260 g/mol. The summed E-state index contributed by atoms with van der Waals surface area (Å²) >= 11 is 0. The number of ether oxygens (including phenoxy) is 1. The van der Waals surface area contributed by atoms with Gasteiger partial charge in [-0.25, -0.2) is 4.39 Å². The zero-order valence-electron chi connectivity index (χ0n) is 11.1. The van der Waals surface area contributed by atoms with E-state index in [1.54, 1.807) is 13.0 Å². The molecule has 0 aliphatic rings. The van der Waals surface area contributed by atoms with E-state index in [0.29, 0.717) is 11.3 Å². The predicted molar refractivity (Wildman–Crippen MR) is 72.9 cm³/mol. The van der Waals surface area contributed by atoms with Crippen LogP contribution in [0.4, 0.5) is 4.39 Å². The molecular weight excluding hydrogens is 243 g/mol. The number of benzene rings is 2. The Morgan fingerprint density at radius 3 is 2.58 bits per heavy atom. The maximum absolute atomic E-state index is 13.2. The molecule has 0 aliphatic carbocycles. The number of rotatable bonds is 4. The van der Waals surface area contributed by atoms with Crippen molar-refractivity contribution >= 4 is 0 Å². The molecule has 3 heteroatoms. The van der Waals surface area contributed by atoms with Gasteiger partial charge in [0.25, 0.3) is 0 Å². The Morgan fingerprint density at radius 1 is 1.16 bits per heavy atom. The minimum absolute atomic E-state index is 0.382. The van der Waals surface area contributed by atoms with Crippen molar-refractivity contribution < 1.29 is 14.2 Å². The molecule has 0 unspecified atom stereocenters. The van der Waals surface area contributed by atoms with Crippen molar-refractivity contribution in [2.45, 2.75) is 26.4 Å². The second-order valence-electron chi connectivity index (χ2n) is 4.42. The molecule has 1 atom stereocenters. The Morgan fingerprint density at radius 2 is 1.89 bits per heavy atom. The first-order valence-electron chi connectivity index (χ1n) is 6.35. The van der Waals surface area contributed by atoms with E-state index in [2.05, 4.69) is 0 Å². The standard InChI is InChI=1S/C16H17FO2/c1-3-12-6-4-5-7-15(12)19-16-9-8-13(17)10-14(16)11(2)18/h4-11,18H,3H2,1-2H3/t11-/m1/s1. The molecule has 2 aromatic carbocycles. The molecule has 19 heavy (non-hydrogen) atoms. The van der Waals surface area contributed by atoms with E-state index in [4.69, 9.17) is 4.74 Å². The van der Waals surface area contributed by atoms with Crippen molar-refractivity contribution in [2.24, 2.45) is 0 Å². The SMILES string of the molecule is CCc1ccccc1Oc1ccc(F)cc1[C@@H](C)O. The van der Waals surface area contributed by atoms with E-state index in [1.165, 1.54) is 12.1 Å². The highest BCUT2D eigenvalue weighted by atomic mass is 19.1. The zero-order chi connectivity index (χ0) is 13.8. The third-order valence-corrected chi connectivity index (χ3v) is 3.00. The molecule has 0 fully saturated rings. The Kier molecular flexibility index (Phi) is 4.17. The lowest BCUT2D eigenvalue weighted by Gasteiger charge is -2.15. The molecule has 2 nitrogen and oxygen atoms in total. The Hall–Kier alpha value is -1.87. The van der Waals surface area contributed by atoms with E-state index in [1.807, 2.05) is 31.2 Å². The van der Waals surface area contributed by atoms with Crippen molar-refractivity contribution in [3.8, 4) is 11.5 Å². The molecule has 1 N–H and O–H groups in total. The molecule has 0 heterocycles. The van der Waals surface area contributed by atoms with Crippen molar-refractivity contribution in [2.75, 3.05) is 0 Å². The topological polar surface area (TPSA) is 29.5 Å². The normalized spacial score (nSPS) is 12.2. The average Bonchev–Trinajstić information content (AvgIpc) is 2.41.